The van der Waals surface area contributed by atoms with Crippen molar-refractivity contribution in [2.45, 2.75) is 0 Å². The first-order valence-electron chi connectivity index (χ1n) is 4.82. The summed E-state index contributed by atoms with van der Waals surface area (Å²) in [5.41, 5.74) is 13.7. The first-order chi connectivity index (χ1) is 7.58. The maximum atomic E-state index is 7.06. The van der Waals surface area contributed by atoms with Gasteiger partial charge in [-0.05, 0) is 42.0 Å². The smallest absolute Gasteiger partial charge is 0.0540 e. The van der Waals surface area contributed by atoms with Gasteiger partial charge in [-0.1, -0.05) is 18.7 Å². The minimum atomic E-state index is 0.539. The number of nitrogen functional groups attached to an aromatic ring is 2. The van der Waals surface area contributed by atoms with Crippen molar-refractivity contribution in [1.82, 2.24) is 0 Å². The highest BCUT2D eigenvalue weighted by atomic mass is 14.6. The van der Waals surface area contributed by atoms with Crippen molar-refractivity contribution in [2.24, 2.45) is 0 Å². The Labute approximate surface area is 95.3 Å². The monoisotopic (exact) mass is 213 g/mol. The van der Waals surface area contributed by atoms with Crippen molar-refractivity contribution in [1.29, 1.82) is 5.41 Å². The van der Waals surface area contributed by atoms with Gasteiger partial charge in [0.2, 0.25) is 0 Å². The van der Waals surface area contributed by atoms with Gasteiger partial charge in [0.25, 0.3) is 0 Å². The normalized spacial score (nSPS) is 13.2. The van der Waals surface area contributed by atoms with Crippen LogP contribution in [0, 0.1) is 5.41 Å². The number of nitrogens with one attached hydrogen (secondary N) is 1. The summed E-state index contributed by atoms with van der Waals surface area (Å²) in [4.78, 5) is 0. The third kappa shape index (κ3) is 4.28. The molecule has 2 rings (SSSR count). The highest BCUT2D eigenvalue weighted by Gasteiger charge is 1.89. The van der Waals surface area contributed by atoms with E-state index >= 15 is 0 Å². The lowest BCUT2D eigenvalue weighted by Crippen LogP contribution is -1.88. The van der Waals surface area contributed by atoms with E-state index in [0.717, 1.165) is 16.9 Å². The Hall–Kier alpha value is -2.29. The Morgan fingerprint density at radius 3 is 1.50 bits per heavy atom. The Bertz CT molecular complexity index is 380. The number of anilines is 2. The summed E-state index contributed by atoms with van der Waals surface area (Å²) in [6, 6.07) is 7.09. The summed E-state index contributed by atoms with van der Waals surface area (Å²) < 4.78 is 0. The molecule has 0 amide bonds. The summed E-state index contributed by atoms with van der Waals surface area (Å²) >= 11 is 0. The third-order valence-electron chi connectivity index (χ3n) is 1.89. The molecule has 0 saturated heterocycles. The molecule has 3 nitrogen and oxygen atoms in total. The van der Waals surface area contributed by atoms with Crippen LogP contribution in [0.4, 0.5) is 11.4 Å². The Morgan fingerprint density at radius 2 is 1.19 bits per heavy atom. The summed E-state index contributed by atoms with van der Waals surface area (Å²) in [5.74, 6) is 0. The molecule has 1 aromatic rings. The van der Waals surface area contributed by atoms with Crippen LogP contribution in [0.3, 0.4) is 0 Å². The van der Waals surface area contributed by atoms with Gasteiger partial charge in [-0.2, -0.15) is 0 Å². The number of rotatable bonds is 0. The molecule has 1 aromatic carbocycles. The van der Waals surface area contributed by atoms with Crippen LogP contribution >= 0.6 is 0 Å². The second-order valence-corrected chi connectivity index (χ2v) is 3.36. The highest BCUT2D eigenvalue weighted by Crippen LogP contribution is 2.05. The lowest BCUT2D eigenvalue weighted by Gasteiger charge is -1.95. The fourth-order valence-electron chi connectivity index (χ4n) is 1.00. The molecular formula is C13H15N3. The van der Waals surface area contributed by atoms with Crippen LogP contribution in [0.5, 0.6) is 0 Å². The molecule has 0 fully saturated rings. The van der Waals surface area contributed by atoms with Gasteiger partial charge in [0, 0.05) is 11.4 Å². The third-order valence-corrected chi connectivity index (χ3v) is 1.89. The highest BCUT2D eigenvalue weighted by molar-refractivity contribution is 6.03. The largest absolute Gasteiger partial charge is 0.399 e. The first kappa shape index (κ1) is 11.8. The zero-order valence-electron chi connectivity index (χ0n) is 8.98. The summed E-state index contributed by atoms with van der Waals surface area (Å²) in [5, 5.41) is 7.06. The van der Waals surface area contributed by atoms with Gasteiger partial charge in [-0.25, -0.2) is 0 Å². The SMILES string of the molecule is C=C1C=CC(=N)C=C1.Nc1ccc(N)cc1. The Morgan fingerprint density at radius 1 is 0.812 bits per heavy atom. The van der Waals surface area contributed by atoms with E-state index < -0.39 is 0 Å². The van der Waals surface area contributed by atoms with Crippen LogP contribution in [0.15, 0.2) is 60.7 Å². The van der Waals surface area contributed by atoms with Crippen molar-refractivity contribution >= 4 is 17.1 Å². The first-order valence-corrected chi connectivity index (χ1v) is 4.82. The standard InChI is InChI=1S/C7H7N.C6H8N2/c1-6-2-4-7(8)5-3-6;7-5-1-2-6(8)4-3-5/h2-5,8H,1H2;1-4H,7-8H2. The molecule has 0 atom stereocenters. The minimum absolute atomic E-state index is 0.539. The zero-order valence-corrected chi connectivity index (χ0v) is 8.98. The van der Waals surface area contributed by atoms with Gasteiger partial charge in [-0.3, -0.25) is 0 Å². The predicted molar refractivity (Wildman–Crippen MR) is 70.4 cm³/mol. The fourth-order valence-corrected chi connectivity index (χ4v) is 1.00. The van der Waals surface area contributed by atoms with Crippen LogP contribution in [0.25, 0.3) is 0 Å². The molecule has 5 N–H and O–H groups in total. The van der Waals surface area contributed by atoms with Gasteiger partial charge >= 0.3 is 0 Å². The van der Waals surface area contributed by atoms with Gasteiger partial charge in [-0.15, -0.1) is 0 Å². The molecule has 3 heteroatoms. The number of hydrogen-bond acceptors (Lipinski definition) is 3. The van der Waals surface area contributed by atoms with Gasteiger partial charge in [0.05, 0.1) is 5.71 Å². The molecule has 0 unspecified atom stereocenters. The summed E-state index contributed by atoms with van der Waals surface area (Å²) in [7, 11) is 0. The molecule has 0 saturated carbocycles. The number of allylic oxidation sites excluding steroid dienone is 5. The maximum Gasteiger partial charge on any atom is 0.0540 e. The Balaban J connectivity index is 0.000000160. The number of nitrogens with two attached hydrogens (primary N) is 2. The van der Waals surface area contributed by atoms with E-state index in [4.69, 9.17) is 16.9 Å². The molecule has 0 radical (unpaired) electrons. The van der Waals surface area contributed by atoms with Gasteiger partial charge in [0.1, 0.15) is 0 Å². The van der Waals surface area contributed by atoms with Crippen molar-refractivity contribution in [2.75, 3.05) is 11.5 Å². The average Bonchev–Trinajstić information content (AvgIpc) is 2.28. The second kappa shape index (κ2) is 5.56. The lowest BCUT2D eigenvalue weighted by atomic mass is 10.1. The zero-order chi connectivity index (χ0) is 12.0. The molecule has 1 aliphatic rings. The van der Waals surface area contributed by atoms with E-state index in [9.17, 15) is 0 Å². The van der Waals surface area contributed by atoms with E-state index in [1.54, 1.807) is 36.4 Å². The molecule has 0 heterocycles. The van der Waals surface area contributed by atoms with Crippen LogP contribution in [0.1, 0.15) is 0 Å². The minimum Gasteiger partial charge on any atom is -0.399 e. The number of benzene rings is 1. The molecule has 0 aromatic heterocycles. The van der Waals surface area contributed by atoms with Crippen LogP contribution in [-0.4, -0.2) is 5.71 Å². The van der Waals surface area contributed by atoms with E-state index in [2.05, 4.69) is 6.58 Å². The van der Waals surface area contributed by atoms with Crippen molar-refractivity contribution < 1.29 is 0 Å². The van der Waals surface area contributed by atoms with Crippen LogP contribution in [-0.2, 0) is 0 Å². The Kier molecular flexibility index (Phi) is 4.09. The summed E-state index contributed by atoms with van der Waals surface area (Å²) in [6.45, 7) is 3.68. The topological polar surface area (TPSA) is 75.9 Å². The molecule has 0 spiro atoms. The van der Waals surface area contributed by atoms with Crippen LogP contribution in [0.2, 0.25) is 0 Å². The second-order valence-electron chi connectivity index (χ2n) is 3.36. The molecule has 1 aliphatic carbocycles. The molecule has 0 bridgehead atoms. The van der Waals surface area contributed by atoms with Gasteiger partial charge in [0.15, 0.2) is 0 Å². The maximum absolute atomic E-state index is 7.06. The van der Waals surface area contributed by atoms with Crippen LogP contribution < -0.4 is 11.5 Å². The average molecular weight is 213 g/mol. The molecule has 16 heavy (non-hydrogen) atoms. The van der Waals surface area contributed by atoms with E-state index in [1.165, 1.54) is 0 Å². The van der Waals surface area contributed by atoms with E-state index in [1.807, 2.05) is 12.2 Å². The molecule has 0 aliphatic heterocycles. The van der Waals surface area contributed by atoms with Gasteiger partial charge < -0.3 is 16.9 Å². The molecule has 82 valence electrons. The molecular weight excluding hydrogens is 198 g/mol. The van der Waals surface area contributed by atoms with Crippen molar-refractivity contribution in [3.63, 3.8) is 0 Å². The lowest BCUT2D eigenvalue weighted by molar-refractivity contribution is 1.52. The number of hydrogen-bond donors (Lipinski definition) is 3. The summed E-state index contributed by atoms with van der Waals surface area (Å²) in [6.07, 6.45) is 7.09. The van der Waals surface area contributed by atoms with E-state index in [-0.39, 0.29) is 0 Å². The van der Waals surface area contributed by atoms with Crippen molar-refractivity contribution in [3.05, 3.63) is 60.7 Å². The van der Waals surface area contributed by atoms with E-state index in [0.29, 0.717) is 5.71 Å². The van der Waals surface area contributed by atoms with Crippen molar-refractivity contribution in [3.8, 4) is 0 Å². The predicted octanol–water partition coefficient (Wildman–Crippen LogP) is 2.54. The fraction of sp³-hybridized carbons (Fsp3) is 0. The quantitative estimate of drug-likeness (QED) is 0.579.